The van der Waals surface area contributed by atoms with Crippen LogP contribution in [0.4, 0.5) is 5.82 Å². The Morgan fingerprint density at radius 3 is 2.85 bits per heavy atom. The van der Waals surface area contributed by atoms with Gasteiger partial charge in [-0.3, -0.25) is 10.0 Å². The zero-order valence-electron chi connectivity index (χ0n) is 15.3. The highest BCUT2D eigenvalue weighted by atomic mass is 16.5. The van der Waals surface area contributed by atoms with Gasteiger partial charge in [0.2, 0.25) is 0 Å². The van der Waals surface area contributed by atoms with Gasteiger partial charge in [-0.1, -0.05) is 30.3 Å². The fourth-order valence-corrected chi connectivity index (χ4v) is 3.31. The number of hydroxylamine groups is 1. The van der Waals surface area contributed by atoms with E-state index in [-0.39, 0.29) is 0 Å². The van der Waals surface area contributed by atoms with E-state index in [1.165, 1.54) is 18.1 Å². The number of hydrogen-bond acceptors (Lipinski definition) is 5. The topological polar surface area (TPSA) is 77.5 Å². The van der Waals surface area contributed by atoms with E-state index >= 15 is 0 Å². The first kappa shape index (κ1) is 19.1. The van der Waals surface area contributed by atoms with Gasteiger partial charge in [0.25, 0.3) is 5.91 Å². The van der Waals surface area contributed by atoms with Crippen LogP contribution in [-0.2, 0) is 11.2 Å². The number of aryl methyl sites for hydroxylation is 1. The van der Waals surface area contributed by atoms with Crippen molar-refractivity contribution < 1.29 is 10.0 Å². The van der Waals surface area contributed by atoms with Crippen LogP contribution in [0.25, 0.3) is 6.08 Å². The average Bonchev–Trinajstić information content (AvgIpc) is 3.15. The van der Waals surface area contributed by atoms with Crippen LogP contribution in [0.15, 0.2) is 54.7 Å². The first-order chi connectivity index (χ1) is 13.2. The van der Waals surface area contributed by atoms with Gasteiger partial charge in [0.1, 0.15) is 5.82 Å². The Morgan fingerprint density at radius 1 is 1.26 bits per heavy atom. The third-order valence-electron chi connectivity index (χ3n) is 4.73. The van der Waals surface area contributed by atoms with Crippen molar-refractivity contribution in [3.8, 4) is 0 Å². The molecule has 142 valence electrons. The number of aromatic nitrogens is 1. The van der Waals surface area contributed by atoms with E-state index in [0.717, 1.165) is 43.9 Å². The minimum atomic E-state index is -0.560. The summed E-state index contributed by atoms with van der Waals surface area (Å²) in [6.07, 6.45) is 7.99. The zero-order chi connectivity index (χ0) is 18.9. The number of carbonyl (C=O) groups is 1. The second-order valence-electron chi connectivity index (χ2n) is 6.81. The van der Waals surface area contributed by atoms with Gasteiger partial charge >= 0.3 is 0 Å². The van der Waals surface area contributed by atoms with Gasteiger partial charge in [0, 0.05) is 31.4 Å². The van der Waals surface area contributed by atoms with E-state index < -0.39 is 5.91 Å². The molecule has 3 N–H and O–H groups in total. The molecule has 3 rings (SSSR count). The maximum absolute atomic E-state index is 11.0. The molecular weight excluding hydrogens is 340 g/mol. The van der Waals surface area contributed by atoms with Crippen molar-refractivity contribution in [2.45, 2.75) is 25.3 Å². The molecule has 0 unspecified atom stereocenters. The molecule has 1 aromatic carbocycles. The fourth-order valence-electron chi connectivity index (χ4n) is 3.31. The number of amides is 1. The molecule has 0 radical (unpaired) electrons. The summed E-state index contributed by atoms with van der Waals surface area (Å²) in [6, 6.07) is 14.8. The predicted molar refractivity (Wildman–Crippen MR) is 106 cm³/mol. The summed E-state index contributed by atoms with van der Waals surface area (Å²) < 4.78 is 0. The molecule has 6 heteroatoms. The van der Waals surface area contributed by atoms with E-state index in [0.29, 0.717) is 6.04 Å². The number of pyridine rings is 1. The van der Waals surface area contributed by atoms with E-state index in [4.69, 9.17) is 5.21 Å². The molecule has 1 saturated heterocycles. The van der Waals surface area contributed by atoms with Crippen molar-refractivity contribution in [2.24, 2.45) is 0 Å². The number of anilines is 1. The number of rotatable bonds is 8. The van der Waals surface area contributed by atoms with Crippen LogP contribution < -0.4 is 10.8 Å². The molecule has 27 heavy (non-hydrogen) atoms. The summed E-state index contributed by atoms with van der Waals surface area (Å²) in [4.78, 5) is 17.9. The Hall–Kier alpha value is -2.70. The first-order valence-electron chi connectivity index (χ1n) is 9.34. The van der Waals surface area contributed by atoms with Crippen molar-refractivity contribution >= 4 is 17.8 Å². The lowest BCUT2D eigenvalue weighted by Gasteiger charge is -2.17. The summed E-state index contributed by atoms with van der Waals surface area (Å²) in [5.41, 5.74) is 3.77. The van der Waals surface area contributed by atoms with Gasteiger partial charge in [-0.05, 0) is 55.1 Å². The van der Waals surface area contributed by atoms with Crippen LogP contribution >= 0.6 is 0 Å². The number of benzene rings is 1. The Labute approximate surface area is 159 Å². The molecule has 1 aliphatic rings. The average molecular weight is 366 g/mol. The third-order valence-corrected chi connectivity index (χ3v) is 4.73. The lowest BCUT2D eigenvalue weighted by molar-refractivity contribution is -0.124. The normalized spacial score (nSPS) is 17.3. The number of likely N-dealkylation sites (tertiary alicyclic amines) is 1. The molecule has 0 aliphatic carbocycles. The number of nitrogens with one attached hydrogen (secondary N) is 2. The van der Waals surface area contributed by atoms with Crippen molar-refractivity contribution in [1.82, 2.24) is 15.4 Å². The number of hydrogen-bond donors (Lipinski definition) is 3. The molecule has 1 aliphatic heterocycles. The van der Waals surface area contributed by atoms with Crippen LogP contribution in [0, 0.1) is 0 Å². The van der Waals surface area contributed by atoms with Crippen LogP contribution in [0.1, 0.15) is 24.0 Å². The Morgan fingerprint density at radius 2 is 2.11 bits per heavy atom. The monoisotopic (exact) mass is 366 g/mol. The van der Waals surface area contributed by atoms with Gasteiger partial charge < -0.3 is 10.2 Å². The smallest absolute Gasteiger partial charge is 0.267 e. The van der Waals surface area contributed by atoms with E-state index in [2.05, 4.69) is 45.5 Å². The summed E-state index contributed by atoms with van der Waals surface area (Å²) in [7, 11) is 0. The highest BCUT2D eigenvalue weighted by Crippen LogP contribution is 2.16. The molecular formula is C21H26N4O2. The zero-order valence-corrected chi connectivity index (χ0v) is 15.3. The van der Waals surface area contributed by atoms with E-state index in [1.807, 2.05) is 12.1 Å². The molecule has 6 nitrogen and oxygen atoms in total. The van der Waals surface area contributed by atoms with Crippen molar-refractivity contribution in [3.63, 3.8) is 0 Å². The van der Waals surface area contributed by atoms with E-state index in [9.17, 15) is 4.79 Å². The Balaban J connectivity index is 1.40. The van der Waals surface area contributed by atoms with Crippen LogP contribution in [0.5, 0.6) is 0 Å². The van der Waals surface area contributed by atoms with Gasteiger partial charge in [0.05, 0.1) is 0 Å². The predicted octanol–water partition coefficient (Wildman–Crippen LogP) is 2.72. The molecule has 1 atom stereocenters. The van der Waals surface area contributed by atoms with Crippen molar-refractivity contribution in [1.29, 1.82) is 0 Å². The van der Waals surface area contributed by atoms with Crippen LogP contribution in [0.2, 0.25) is 0 Å². The quantitative estimate of drug-likeness (QED) is 0.380. The third kappa shape index (κ3) is 6.20. The SMILES string of the molecule is O=C(/C=C/c1ccc(N[C@@H]2CCN(CCCc3ccccc3)C2)nc1)NO. The number of carbonyl (C=O) groups excluding carboxylic acids is 1. The summed E-state index contributed by atoms with van der Waals surface area (Å²) in [6.45, 7) is 3.27. The van der Waals surface area contributed by atoms with Gasteiger partial charge in [-0.25, -0.2) is 10.5 Å². The van der Waals surface area contributed by atoms with Crippen molar-refractivity contribution in [3.05, 3.63) is 65.9 Å². The first-order valence-corrected chi connectivity index (χ1v) is 9.34. The Bertz CT molecular complexity index is 747. The number of nitrogens with zero attached hydrogens (tertiary/aromatic N) is 2. The fraction of sp³-hybridized carbons (Fsp3) is 0.333. The van der Waals surface area contributed by atoms with Gasteiger partial charge in [0.15, 0.2) is 0 Å². The lowest BCUT2D eigenvalue weighted by atomic mass is 10.1. The molecule has 0 saturated carbocycles. The summed E-state index contributed by atoms with van der Waals surface area (Å²) in [5.74, 6) is 0.283. The van der Waals surface area contributed by atoms with Crippen LogP contribution in [0.3, 0.4) is 0 Å². The molecule has 0 spiro atoms. The highest BCUT2D eigenvalue weighted by molar-refractivity contribution is 5.90. The minimum absolute atomic E-state index is 0.413. The second-order valence-corrected chi connectivity index (χ2v) is 6.81. The van der Waals surface area contributed by atoms with E-state index in [1.54, 1.807) is 17.8 Å². The molecule has 1 fully saturated rings. The molecule has 2 heterocycles. The maximum Gasteiger partial charge on any atom is 0.267 e. The lowest BCUT2D eigenvalue weighted by Crippen LogP contribution is -2.27. The van der Waals surface area contributed by atoms with Gasteiger partial charge in [-0.2, -0.15) is 0 Å². The highest BCUT2D eigenvalue weighted by Gasteiger charge is 2.21. The molecule has 1 aromatic heterocycles. The molecule has 1 amide bonds. The standard InChI is InChI=1S/C21H26N4O2/c26-21(24-27)11-9-18-8-10-20(22-15-18)23-19-12-14-25(16-19)13-4-7-17-5-2-1-3-6-17/h1-3,5-6,8-11,15,19,27H,4,7,12-14,16H2,(H,22,23)(H,24,26)/b11-9+/t19-/m1/s1. The largest absolute Gasteiger partial charge is 0.366 e. The van der Waals surface area contributed by atoms with Crippen molar-refractivity contribution in [2.75, 3.05) is 25.0 Å². The maximum atomic E-state index is 11.0. The van der Waals surface area contributed by atoms with Gasteiger partial charge in [-0.15, -0.1) is 0 Å². The summed E-state index contributed by atoms with van der Waals surface area (Å²) in [5, 5.41) is 12.0. The second kappa shape index (κ2) is 9.85. The van der Waals surface area contributed by atoms with Crippen LogP contribution in [-0.4, -0.2) is 46.7 Å². The molecule has 0 bridgehead atoms. The molecule has 2 aromatic rings. The summed E-state index contributed by atoms with van der Waals surface area (Å²) >= 11 is 0. The minimum Gasteiger partial charge on any atom is -0.366 e. The Kier molecular flexibility index (Phi) is 6.96.